The van der Waals surface area contributed by atoms with Crippen molar-refractivity contribution in [2.24, 2.45) is 0 Å². The van der Waals surface area contributed by atoms with Crippen molar-refractivity contribution in [3.05, 3.63) is 42.4 Å². The van der Waals surface area contributed by atoms with Gasteiger partial charge >= 0.3 is 0 Å². The number of aromatic nitrogens is 3. The average molecular weight is 268 g/mol. The summed E-state index contributed by atoms with van der Waals surface area (Å²) in [5.74, 6) is 1.29. The highest BCUT2D eigenvalue weighted by atomic mass is 16.5. The smallest absolute Gasteiger partial charge is 0.228 e. The maximum absolute atomic E-state index is 5.26. The third-order valence-electron chi connectivity index (χ3n) is 3.09. The van der Waals surface area contributed by atoms with E-state index in [1.54, 1.807) is 6.20 Å². The molecule has 0 aliphatic rings. The zero-order valence-corrected chi connectivity index (χ0v) is 11.3. The van der Waals surface area contributed by atoms with E-state index in [1.807, 2.05) is 30.3 Å². The molecular formula is C15H16N4O. The summed E-state index contributed by atoms with van der Waals surface area (Å²) >= 11 is 0. The van der Waals surface area contributed by atoms with Crippen molar-refractivity contribution < 1.29 is 4.52 Å². The monoisotopic (exact) mass is 268 g/mol. The first kappa shape index (κ1) is 12.7. The highest BCUT2D eigenvalue weighted by Gasteiger charge is 2.08. The second kappa shape index (κ2) is 5.79. The van der Waals surface area contributed by atoms with E-state index in [2.05, 4.69) is 27.4 Å². The lowest BCUT2D eigenvalue weighted by Gasteiger charge is -1.98. The van der Waals surface area contributed by atoms with E-state index in [0.717, 1.165) is 36.0 Å². The highest BCUT2D eigenvalue weighted by Crippen LogP contribution is 2.21. The fourth-order valence-electron chi connectivity index (χ4n) is 2.06. The maximum atomic E-state index is 5.26. The summed E-state index contributed by atoms with van der Waals surface area (Å²) in [6, 6.07) is 9.91. The number of hydrogen-bond acceptors (Lipinski definition) is 5. The predicted octanol–water partition coefficient (Wildman–Crippen LogP) is 2.44. The third-order valence-corrected chi connectivity index (χ3v) is 3.09. The van der Waals surface area contributed by atoms with Gasteiger partial charge in [0.2, 0.25) is 11.7 Å². The topological polar surface area (TPSA) is 63.8 Å². The van der Waals surface area contributed by atoms with Crippen LogP contribution in [0.5, 0.6) is 0 Å². The van der Waals surface area contributed by atoms with Crippen LogP contribution < -0.4 is 5.32 Å². The molecule has 2 heterocycles. The molecule has 2 aromatic heterocycles. The lowest BCUT2D eigenvalue weighted by molar-refractivity contribution is 0.377. The number of likely N-dealkylation sites (N-methyl/N-ethyl adjacent to an activating group) is 1. The fourth-order valence-corrected chi connectivity index (χ4v) is 2.06. The van der Waals surface area contributed by atoms with E-state index >= 15 is 0 Å². The number of hydrogen-bond donors (Lipinski definition) is 1. The molecule has 0 saturated heterocycles. The number of nitrogens with zero attached hydrogens (tertiary/aromatic N) is 3. The van der Waals surface area contributed by atoms with Crippen molar-refractivity contribution in [3.63, 3.8) is 0 Å². The van der Waals surface area contributed by atoms with Gasteiger partial charge in [-0.1, -0.05) is 18.1 Å². The van der Waals surface area contributed by atoms with Gasteiger partial charge in [-0.15, -0.1) is 0 Å². The molecule has 0 radical (unpaired) electrons. The Morgan fingerprint density at radius 2 is 2.20 bits per heavy atom. The standard InChI is InChI=1S/C15H16N4O/c1-2-16-9-7-14-18-15(19-20-14)12-5-6-13-11(10-12)4-3-8-17-13/h3-6,8,10,16H,2,7,9H2,1H3. The van der Waals surface area contributed by atoms with Gasteiger partial charge in [0.15, 0.2) is 0 Å². The zero-order valence-electron chi connectivity index (χ0n) is 11.3. The molecule has 3 rings (SSSR count). The molecule has 1 N–H and O–H groups in total. The molecule has 20 heavy (non-hydrogen) atoms. The van der Waals surface area contributed by atoms with Gasteiger partial charge in [0.1, 0.15) is 0 Å². The first-order chi connectivity index (χ1) is 9.86. The molecule has 5 heteroatoms. The summed E-state index contributed by atoms with van der Waals surface area (Å²) in [7, 11) is 0. The Bertz CT molecular complexity index is 708. The van der Waals surface area contributed by atoms with E-state index in [1.165, 1.54) is 0 Å². The summed E-state index contributed by atoms with van der Waals surface area (Å²) < 4.78 is 5.26. The largest absolute Gasteiger partial charge is 0.339 e. The molecule has 0 amide bonds. The van der Waals surface area contributed by atoms with E-state index < -0.39 is 0 Å². The minimum atomic E-state index is 0.627. The van der Waals surface area contributed by atoms with Crippen LogP contribution in [0, 0.1) is 0 Å². The molecule has 3 aromatic rings. The van der Waals surface area contributed by atoms with Crippen molar-refractivity contribution in [2.75, 3.05) is 13.1 Å². The van der Waals surface area contributed by atoms with E-state index in [-0.39, 0.29) is 0 Å². The van der Waals surface area contributed by atoms with Crippen molar-refractivity contribution >= 4 is 10.9 Å². The van der Waals surface area contributed by atoms with Gasteiger partial charge in [-0.05, 0) is 30.8 Å². The van der Waals surface area contributed by atoms with Crippen molar-refractivity contribution in [1.29, 1.82) is 0 Å². The lowest BCUT2D eigenvalue weighted by atomic mass is 10.1. The van der Waals surface area contributed by atoms with Crippen LogP contribution >= 0.6 is 0 Å². The molecule has 5 nitrogen and oxygen atoms in total. The summed E-state index contributed by atoms with van der Waals surface area (Å²) in [5.41, 5.74) is 1.91. The molecule has 1 aromatic carbocycles. The van der Waals surface area contributed by atoms with E-state index in [9.17, 15) is 0 Å². The Kier molecular flexibility index (Phi) is 3.69. The van der Waals surface area contributed by atoms with Gasteiger partial charge in [-0.2, -0.15) is 4.98 Å². The Morgan fingerprint density at radius 3 is 3.10 bits per heavy atom. The quantitative estimate of drug-likeness (QED) is 0.720. The van der Waals surface area contributed by atoms with Gasteiger partial charge in [0, 0.05) is 30.1 Å². The van der Waals surface area contributed by atoms with Gasteiger partial charge < -0.3 is 9.84 Å². The van der Waals surface area contributed by atoms with Crippen molar-refractivity contribution in [2.45, 2.75) is 13.3 Å². The molecule has 0 atom stereocenters. The summed E-state index contributed by atoms with van der Waals surface area (Å²) in [5, 5.41) is 8.34. The molecule has 0 spiro atoms. The Labute approximate surface area is 117 Å². The van der Waals surface area contributed by atoms with Gasteiger partial charge in [0.05, 0.1) is 5.52 Å². The van der Waals surface area contributed by atoms with Crippen LogP contribution in [0.3, 0.4) is 0 Å². The number of nitrogens with one attached hydrogen (secondary N) is 1. The Hall–Kier alpha value is -2.27. The summed E-state index contributed by atoms with van der Waals surface area (Å²) in [4.78, 5) is 8.72. The highest BCUT2D eigenvalue weighted by molar-refractivity contribution is 5.82. The second-order valence-corrected chi connectivity index (χ2v) is 4.53. The van der Waals surface area contributed by atoms with Crippen LogP contribution in [0.1, 0.15) is 12.8 Å². The predicted molar refractivity (Wildman–Crippen MR) is 77.3 cm³/mol. The molecular weight excluding hydrogens is 252 g/mol. The van der Waals surface area contributed by atoms with E-state index in [0.29, 0.717) is 11.7 Å². The normalized spacial score (nSPS) is 11.1. The maximum Gasteiger partial charge on any atom is 0.228 e. The molecule has 0 aliphatic carbocycles. The lowest BCUT2D eigenvalue weighted by Crippen LogP contribution is -2.16. The van der Waals surface area contributed by atoms with Gasteiger partial charge in [-0.3, -0.25) is 4.98 Å². The molecule has 0 saturated carbocycles. The number of fused-ring (bicyclic) bond motifs is 1. The SMILES string of the molecule is CCNCCc1nc(-c2ccc3ncccc3c2)no1. The van der Waals surface area contributed by atoms with Crippen LogP contribution in [0.15, 0.2) is 41.1 Å². The minimum Gasteiger partial charge on any atom is -0.339 e. The minimum absolute atomic E-state index is 0.627. The van der Waals surface area contributed by atoms with Crippen LogP contribution in [0.4, 0.5) is 0 Å². The Balaban J connectivity index is 1.83. The van der Waals surface area contributed by atoms with E-state index in [4.69, 9.17) is 4.52 Å². The number of rotatable bonds is 5. The third kappa shape index (κ3) is 2.67. The Morgan fingerprint density at radius 1 is 1.25 bits per heavy atom. The molecule has 102 valence electrons. The second-order valence-electron chi connectivity index (χ2n) is 4.53. The summed E-state index contributed by atoms with van der Waals surface area (Å²) in [6.45, 7) is 3.86. The van der Waals surface area contributed by atoms with Crippen molar-refractivity contribution in [3.8, 4) is 11.4 Å². The van der Waals surface area contributed by atoms with Crippen LogP contribution in [-0.2, 0) is 6.42 Å². The van der Waals surface area contributed by atoms with Crippen LogP contribution in [0.25, 0.3) is 22.3 Å². The van der Waals surface area contributed by atoms with Crippen LogP contribution in [-0.4, -0.2) is 28.2 Å². The number of pyridine rings is 1. The fraction of sp³-hybridized carbons (Fsp3) is 0.267. The van der Waals surface area contributed by atoms with Gasteiger partial charge in [0.25, 0.3) is 0 Å². The van der Waals surface area contributed by atoms with Crippen LogP contribution in [0.2, 0.25) is 0 Å². The first-order valence-electron chi connectivity index (χ1n) is 6.75. The average Bonchev–Trinajstić information content (AvgIpc) is 2.96. The molecule has 0 bridgehead atoms. The first-order valence-corrected chi connectivity index (χ1v) is 6.75. The zero-order chi connectivity index (χ0) is 13.8. The van der Waals surface area contributed by atoms with Crippen molar-refractivity contribution in [1.82, 2.24) is 20.4 Å². The van der Waals surface area contributed by atoms with Gasteiger partial charge in [-0.25, -0.2) is 0 Å². The molecule has 0 unspecified atom stereocenters. The molecule has 0 aliphatic heterocycles. The number of benzene rings is 1. The molecule has 0 fully saturated rings. The summed E-state index contributed by atoms with van der Waals surface area (Å²) in [6.07, 6.45) is 2.53.